The molecule has 2 N–H and O–H groups in total. The molecular formula is C14H24N2O3. The van der Waals surface area contributed by atoms with Crippen molar-refractivity contribution in [2.24, 2.45) is 17.8 Å². The topological polar surface area (TPSA) is 69.6 Å². The lowest BCUT2D eigenvalue weighted by Gasteiger charge is -2.19. The van der Waals surface area contributed by atoms with Gasteiger partial charge in [-0.05, 0) is 43.4 Å². The molecule has 0 aromatic rings. The molecule has 0 radical (unpaired) electrons. The Morgan fingerprint density at radius 3 is 2.74 bits per heavy atom. The van der Waals surface area contributed by atoms with Crippen LogP contribution in [0.25, 0.3) is 0 Å². The van der Waals surface area contributed by atoms with Gasteiger partial charge in [-0.15, -0.1) is 0 Å². The van der Waals surface area contributed by atoms with Crippen molar-refractivity contribution in [1.29, 1.82) is 0 Å². The number of carboxylic acids is 1. The quantitative estimate of drug-likeness (QED) is 0.773. The number of carbonyl (C=O) groups excluding carboxylic acids is 1. The summed E-state index contributed by atoms with van der Waals surface area (Å²) in [6, 6.07) is 0.0188. The fourth-order valence-corrected chi connectivity index (χ4v) is 2.77. The van der Waals surface area contributed by atoms with Gasteiger partial charge < -0.3 is 15.3 Å². The van der Waals surface area contributed by atoms with Gasteiger partial charge in [0.25, 0.3) is 0 Å². The highest BCUT2D eigenvalue weighted by molar-refractivity contribution is 5.74. The Balaban J connectivity index is 1.64. The fraction of sp³-hybridized carbons (Fsp3) is 0.857. The van der Waals surface area contributed by atoms with Gasteiger partial charge in [0, 0.05) is 26.1 Å². The molecule has 0 aromatic heterocycles. The predicted octanol–water partition coefficient (Wildman–Crippen LogP) is 1.93. The van der Waals surface area contributed by atoms with E-state index in [1.165, 1.54) is 12.8 Å². The molecule has 2 atom stereocenters. The van der Waals surface area contributed by atoms with Crippen LogP contribution >= 0.6 is 0 Å². The van der Waals surface area contributed by atoms with E-state index in [4.69, 9.17) is 5.11 Å². The molecular weight excluding hydrogens is 244 g/mol. The average molecular weight is 268 g/mol. The van der Waals surface area contributed by atoms with Crippen LogP contribution < -0.4 is 5.32 Å². The monoisotopic (exact) mass is 268 g/mol. The summed E-state index contributed by atoms with van der Waals surface area (Å²) in [5, 5.41) is 11.7. The number of likely N-dealkylation sites (tertiary alicyclic amines) is 1. The zero-order valence-electron chi connectivity index (χ0n) is 11.6. The standard InChI is InChI=1S/C14H24N2O3/c1-10(12-3-4-12)8-15-14(19)16-7-6-11(9-16)2-5-13(17)18/h10-12H,2-9H2,1H3,(H,15,19)(H,17,18). The molecule has 2 amide bonds. The van der Waals surface area contributed by atoms with Crippen molar-refractivity contribution in [1.82, 2.24) is 10.2 Å². The molecule has 2 rings (SSSR count). The Morgan fingerprint density at radius 2 is 2.11 bits per heavy atom. The number of nitrogens with zero attached hydrogens (tertiary/aromatic N) is 1. The first-order valence-electron chi connectivity index (χ1n) is 7.31. The Hall–Kier alpha value is -1.26. The van der Waals surface area contributed by atoms with Crippen LogP contribution in [0.2, 0.25) is 0 Å². The molecule has 2 unspecified atom stereocenters. The minimum absolute atomic E-state index is 0.0188. The van der Waals surface area contributed by atoms with Crippen molar-refractivity contribution < 1.29 is 14.7 Å². The fourth-order valence-electron chi connectivity index (χ4n) is 2.77. The highest BCUT2D eigenvalue weighted by Crippen LogP contribution is 2.36. The van der Waals surface area contributed by atoms with E-state index in [2.05, 4.69) is 12.2 Å². The maximum absolute atomic E-state index is 12.0. The molecule has 1 aliphatic heterocycles. The molecule has 19 heavy (non-hydrogen) atoms. The number of rotatable bonds is 6. The molecule has 2 fully saturated rings. The number of hydrogen-bond acceptors (Lipinski definition) is 2. The van der Waals surface area contributed by atoms with E-state index in [1.807, 2.05) is 4.90 Å². The van der Waals surface area contributed by atoms with Crippen molar-refractivity contribution in [2.75, 3.05) is 19.6 Å². The van der Waals surface area contributed by atoms with Crippen LogP contribution in [-0.2, 0) is 4.79 Å². The first kappa shape index (κ1) is 14.2. The normalized spacial score (nSPS) is 24.3. The lowest BCUT2D eigenvalue weighted by Crippen LogP contribution is -2.40. The Morgan fingerprint density at radius 1 is 1.37 bits per heavy atom. The highest BCUT2D eigenvalue weighted by atomic mass is 16.4. The van der Waals surface area contributed by atoms with Gasteiger partial charge in [0.1, 0.15) is 0 Å². The Labute approximate surface area is 114 Å². The van der Waals surface area contributed by atoms with E-state index in [1.54, 1.807) is 0 Å². The van der Waals surface area contributed by atoms with Crippen molar-refractivity contribution >= 4 is 12.0 Å². The van der Waals surface area contributed by atoms with Crippen LogP contribution in [0.5, 0.6) is 0 Å². The van der Waals surface area contributed by atoms with Crippen LogP contribution in [0.3, 0.4) is 0 Å². The van der Waals surface area contributed by atoms with Gasteiger partial charge in [-0.1, -0.05) is 6.92 Å². The molecule has 108 valence electrons. The summed E-state index contributed by atoms with van der Waals surface area (Å²) >= 11 is 0. The molecule has 1 heterocycles. The third-order valence-corrected chi connectivity index (χ3v) is 4.34. The zero-order valence-corrected chi connectivity index (χ0v) is 11.6. The highest BCUT2D eigenvalue weighted by Gasteiger charge is 2.30. The molecule has 0 bridgehead atoms. The smallest absolute Gasteiger partial charge is 0.317 e. The van der Waals surface area contributed by atoms with E-state index in [0.717, 1.165) is 25.4 Å². The third kappa shape index (κ3) is 4.40. The number of nitrogens with one attached hydrogen (secondary N) is 1. The van der Waals surface area contributed by atoms with E-state index in [0.29, 0.717) is 24.8 Å². The van der Waals surface area contributed by atoms with E-state index >= 15 is 0 Å². The molecule has 1 saturated heterocycles. The lowest BCUT2D eigenvalue weighted by atomic mass is 10.0. The van der Waals surface area contributed by atoms with E-state index in [9.17, 15) is 9.59 Å². The minimum Gasteiger partial charge on any atom is -0.481 e. The predicted molar refractivity (Wildman–Crippen MR) is 71.8 cm³/mol. The van der Waals surface area contributed by atoms with Gasteiger partial charge in [-0.2, -0.15) is 0 Å². The second kappa shape index (κ2) is 6.26. The first-order valence-corrected chi connectivity index (χ1v) is 7.31. The minimum atomic E-state index is -0.749. The number of carbonyl (C=O) groups is 2. The second-order valence-corrected chi connectivity index (χ2v) is 6.03. The van der Waals surface area contributed by atoms with Crippen molar-refractivity contribution in [2.45, 2.75) is 39.0 Å². The number of amides is 2. The van der Waals surface area contributed by atoms with Crippen molar-refractivity contribution in [3.63, 3.8) is 0 Å². The molecule has 0 spiro atoms. The largest absolute Gasteiger partial charge is 0.481 e. The van der Waals surface area contributed by atoms with Gasteiger partial charge >= 0.3 is 12.0 Å². The number of hydrogen-bond donors (Lipinski definition) is 2. The van der Waals surface area contributed by atoms with Crippen LogP contribution in [0.15, 0.2) is 0 Å². The molecule has 1 saturated carbocycles. The molecule has 0 aromatic carbocycles. The third-order valence-electron chi connectivity index (χ3n) is 4.34. The average Bonchev–Trinajstić information content (AvgIpc) is 3.12. The number of carboxylic acid groups (broad SMARTS) is 1. The van der Waals surface area contributed by atoms with Crippen LogP contribution in [0.4, 0.5) is 4.79 Å². The first-order chi connectivity index (χ1) is 9.06. The summed E-state index contributed by atoms with van der Waals surface area (Å²) in [5.41, 5.74) is 0. The zero-order chi connectivity index (χ0) is 13.8. The van der Waals surface area contributed by atoms with Crippen LogP contribution in [0.1, 0.15) is 39.0 Å². The van der Waals surface area contributed by atoms with Crippen molar-refractivity contribution in [3.8, 4) is 0 Å². The lowest BCUT2D eigenvalue weighted by molar-refractivity contribution is -0.137. The summed E-state index contributed by atoms with van der Waals surface area (Å²) < 4.78 is 0. The SMILES string of the molecule is CC(CNC(=O)N1CCC(CCC(=O)O)C1)C1CC1. The van der Waals surface area contributed by atoms with Crippen LogP contribution in [0, 0.1) is 17.8 Å². The van der Waals surface area contributed by atoms with Gasteiger partial charge in [-0.3, -0.25) is 4.79 Å². The summed E-state index contributed by atoms with van der Waals surface area (Å²) in [4.78, 5) is 24.3. The molecule has 5 nitrogen and oxygen atoms in total. The van der Waals surface area contributed by atoms with E-state index < -0.39 is 5.97 Å². The van der Waals surface area contributed by atoms with E-state index in [-0.39, 0.29) is 12.5 Å². The summed E-state index contributed by atoms with van der Waals surface area (Å²) in [6.07, 6.45) is 4.42. The molecule has 2 aliphatic rings. The summed E-state index contributed by atoms with van der Waals surface area (Å²) in [7, 11) is 0. The van der Waals surface area contributed by atoms with Gasteiger partial charge in [-0.25, -0.2) is 4.79 Å². The van der Waals surface area contributed by atoms with Crippen LogP contribution in [-0.4, -0.2) is 41.6 Å². The van der Waals surface area contributed by atoms with Gasteiger partial charge in [0.2, 0.25) is 0 Å². The maximum Gasteiger partial charge on any atom is 0.317 e. The number of aliphatic carboxylic acids is 1. The molecule has 5 heteroatoms. The Bertz CT molecular complexity index is 342. The summed E-state index contributed by atoms with van der Waals surface area (Å²) in [5.74, 6) is 0.986. The second-order valence-electron chi connectivity index (χ2n) is 6.03. The summed E-state index contributed by atoms with van der Waals surface area (Å²) in [6.45, 7) is 4.42. The van der Waals surface area contributed by atoms with Gasteiger partial charge in [0.05, 0.1) is 0 Å². The molecule has 1 aliphatic carbocycles. The van der Waals surface area contributed by atoms with Crippen molar-refractivity contribution in [3.05, 3.63) is 0 Å². The van der Waals surface area contributed by atoms with Gasteiger partial charge in [0.15, 0.2) is 0 Å². The maximum atomic E-state index is 12.0. The Kier molecular flexibility index (Phi) is 4.66. The number of urea groups is 1.